The molecule has 0 aliphatic carbocycles. The van der Waals surface area contributed by atoms with Crippen LogP contribution in [0.1, 0.15) is 0 Å². The monoisotopic (exact) mass is 341 g/mol. The number of hydrogen-bond donors (Lipinski definition) is 1. The third-order valence-corrected chi connectivity index (χ3v) is 1.59. The predicted octanol–water partition coefficient (Wildman–Crippen LogP) is 0.794. The fourth-order valence-corrected chi connectivity index (χ4v) is 0.665. The molecule has 5 heteroatoms. The Morgan fingerprint density at radius 3 is 2.00 bits per heavy atom. The van der Waals surface area contributed by atoms with Gasteiger partial charge in [-0.15, -0.1) is 0 Å². The molecule has 0 bridgehead atoms. The highest BCUT2D eigenvalue weighted by molar-refractivity contribution is 14.1. The molecule has 0 amide bonds. The predicted molar refractivity (Wildman–Crippen MR) is 51.6 cm³/mol. The van der Waals surface area contributed by atoms with Crippen LogP contribution < -0.4 is 5.84 Å². The first-order valence-corrected chi connectivity index (χ1v) is 4.11. The summed E-state index contributed by atoms with van der Waals surface area (Å²) < 4.78 is 3.71. The molecule has 0 aliphatic heterocycles. The first-order chi connectivity index (χ1) is 3.63. The number of nitrogens with zero attached hydrogens (tertiary/aromatic N) is 2. The largest absolute Gasteiger partial charge is 0.260 e. The van der Waals surface area contributed by atoms with Crippen molar-refractivity contribution in [3.8, 4) is 0 Å². The Morgan fingerprint density at radius 1 is 1.38 bits per heavy atom. The lowest BCUT2D eigenvalue weighted by atomic mass is 10.7. The molecule has 0 aromatic rings. The molecule has 0 spiro atoms. The maximum absolute atomic E-state index is 5.33. The summed E-state index contributed by atoms with van der Waals surface area (Å²) in [6, 6.07) is 0. The normalized spacial score (nSPS) is 11.2. The van der Waals surface area contributed by atoms with Crippen molar-refractivity contribution in [1.82, 2.24) is 6.34 Å². The van der Waals surface area contributed by atoms with Gasteiger partial charge in [-0.2, -0.15) is 3.22 Å². The third kappa shape index (κ3) is 7.34. The molecule has 3 nitrogen and oxygen atoms in total. The van der Waals surface area contributed by atoms with Crippen molar-refractivity contribution in [3.05, 3.63) is 0 Å². The highest BCUT2D eigenvalue weighted by Gasteiger charge is 1.93. The van der Waals surface area contributed by atoms with E-state index in [0.29, 0.717) is 0 Å². The minimum Gasteiger partial charge on any atom is -0.260 e. The van der Waals surface area contributed by atoms with E-state index in [1.165, 1.54) is 0 Å². The van der Waals surface area contributed by atoms with Gasteiger partial charge in [0.05, 0.1) is 0 Å². The van der Waals surface area contributed by atoms with Gasteiger partial charge in [-0.05, 0) is 7.05 Å². The topological polar surface area (TPSA) is 32.5 Å². The van der Waals surface area contributed by atoms with Crippen molar-refractivity contribution < 1.29 is 0 Å². The lowest BCUT2D eigenvalue weighted by Crippen LogP contribution is -2.26. The Labute approximate surface area is 77.5 Å². The molecule has 0 saturated heterocycles. The van der Waals surface area contributed by atoms with Crippen molar-refractivity contribution in [2.75, 3.05) is 20.1 Å². The highest BCUT2D eigenvalue weighted by atomic mass is 127. The molecule has 0 atom stereocenters. The minimum atomic E-state index is 0.903. The fourth-order valence-electron chi connectivity index (χ4n) is 0.233. The molecule has 50 valence electrons. The molecule has 0 aliphatic rings. The van der Waals surface area contributed by atoms with Crippen molar-refractivity contribution in [1.29, 1.82) is 0 Å². The van der Waals surface area contributed by atoms with Gasteiger partial charge in [0.1, 0.15) is 0 Å². The van der Waals surface area contributed by atoms with E-state index in [-0.39, 0.29) is 0 Å². The zero-order valence-corrected chi connectivity index (χ0v) is 8.96. The van der Waals surface area contributed by atoms with E-state index >= 15 is 0 Å². The van der Waals surface area contributed by atoms with Gasteiger partial charge in [-0.25, -0.2) is 3.11 Å². The van der Waals surface area contributed by atoms with Gasteiger partial charge < -0.3 is 0 Å². The van der Waals surface area contributed by atoms with Gasteiger partial charge in [-0.1, -0.05) is 0 Å². The molecule has 8 heavy (non-hydrogen) atoms. The van der Waals surface area contributed by atoms with Gasteiger partial charge in [0.15, 0.2) is 0 Å². The summed E-state index contributed by atoms with van der Waals surface area (Å²) in [5.74, 6) is 5.33. The fraction of sp³-hybridized carbons (Fsp3) is 1.00. The highest BCUT2D eigenvalue weighted by Crippen LogP contribution is 1.94. The maximum atomic E-state index is 5.33. The average molecular weight is 341 g/mol. The van der Waals surface area contributed by atoms with Gasteiger partial charge in [0.25, 0.3) is 0 Å². The van der Waals surface area contributed by atoms with Crippen LogP contribution in [0.25, 0.3) is 0 Å². The molecular weight excluding hydrogens is 332 g/mol. The van der Waals surface area contributed by atoms with Crippen LogP contribution in [0.5, 0.6) is 0 Å². The van der Waals surface area contributed by atoms with E-state index in [4.69, 9.17) is 5.84 Å². The van der Waals surface area contributed by atoms with Crippen LogP contribution in [0, 0.1) is 0 Å². The number of halogens is 2. The Bertz CT molecular complexity index is 48.5. The van der Waals surface area contributed by atoms with Crippen molar-refractivity contribution in [2.45, 2.75) is 0 Å². The number of hydrogen-bond acceptors (Lipinski definition) is 3. The van der Waals surface area contributed by atoms with Crippen LogP contribution in [-0.2, 0) is 0 Å². The second-order valence-electron chi connectivity index (χ2n) is 1.45. The average Bonchev–Trinajstić information content (AvgIpc) is 1.61. The van der Waals surface area contributed by atoms with Crippen molar-refractivity contribution >= 4 is 45.7 Å². The molecule has 0 rings (SSSR count). The molecule has 0 saturated carbocycles. The summed E-state index contributed by atoms with van der Waals surface area (Å²) in [4.78, 5) is 0. The second kappa shape index (κ2) is 5.15. The molecule has 0 radical (unpaired) electrons. The molecule has 0 heterocycles. The van der Waals surface area contributed by atoms with Crippen LogP contribution in [0.4, 0.5) is 0 Å². The van der Waals surface area contributed by atoms with Gasteiger partial charge >= 0.3 is 0 Å². The first-order valence-electron chi connectivity index (χ1n) is 2.18. The van der Waals surface area contributed by atoms with E-state index in [1.807, 2.05) is 7.05 Å². The zero-order valence-electron chi connectivity index (χ0n) is 4.64. The maximum Gasteiger partial charge on any atom is 0.0369 e. The van der Waals surface area contributed by atoms with E-state index in [0.717, 1.165) is 13.1 Å². The summed E-state index contributed by atoms with van der Waals surface area (Å²) >= 11 is 4.28. The summed E-state index contributed by atoms with van der Waals surface area (Å²) in [6.45, 7) is 1.90. The van der Waals surface area contributed by atoms with Gasteiger partial charge in [-0.3, -0.25) is 5.84 Å². The van der Waals surface area contributed by atoms with Gasteiger partial charge in [0.2, 0.25) is 0 Å². The van der Waals surface area contributed by atoms with E-state index in [2.05, 4.69) is 48.8 Å². The van der Waals surface area contributed by atoms with E-state index in [9.17, 15) is 0 Å². The summed E-state index contributed by atoms with van der Waals surface area (Å²) in [5.41, 5.74) is 0. The number of hydrazine groups is 1. The van der Waals surface area contributed by atoms with E-state index < -0.39 is 0 Å². The van der Waals surface area contributed by atoms with E-state index in [1.54, 1.807) is 3.22 Å². The lowest BCUT2D eigenvalue weighted by Gasteiger charge is -2.09. The summed E-state index contributed by atoms with van der Waals surface area (Å²) in [5, 5.41) is 0. The molecule has 2 N–H and O–H groups in total. The SMILES string of the molecule is CN(I)CCN(N)I. The first kappa shape index (κ1) is 9.34. The molecule has 0 aromatic heterocycles. The Morgan fingerprint density at radius 2 is 1.88 bits per heavy atom. The Kier molecular flexibility index (Phi) is 6.01. The third-order valence-electron chi connectivity index (χ3n) is 0.622. The Hall–Kier alpha value is 1.34. The quantitative estimate of drug-likeness (QED) is 0.357. The number of nitrogens with two attached hydrogens (primary N) is 1. The standard InChI is InChI=1S/C3H9I2N3/c1-7(4)2-3-8(5)6/h2-3,6H2,1H3. The van der Waals surface area contributed by atoms with Crippen molar-refractivity contribution in [2.24, 2.45) is 5.84 Å². The van der Waals surface area contributed by atoms with Crippen LogP contribution in [0.15, 0.2) is 0 Å². The van der Waals surface area contributed by atoms with Crippen LogP contribution in [-0.4, -0.2) is 26.5 Å². The molecule has 0 aromatic carbocycles. The zero-order chi connectivity index (χ0) is 6.57. The molecular formula is C3H9I2N3. The summed E-state index contributed by atoms with van der Waals surface area (Å²) in [6.07, 6.45) is 0. The van der Waals surface area contributed by atoms with Crippen molar-refractivity contribution in [3.63, 3.8) is 0 Å². The molecule has 0 unspecified atom stereocenters. The number of rotatable bonds is 3. The Balaban J connectivity index is 2.93. The van der Waals surface area contributed by atoms with Crippen LogP contribution >= 0.6 is 45.7 Å². The molecule has 0 fully saturated rings. The number of likely N-dealkylation sites (N-methyl/N-ethyl adjacent to an activating group) is 1. The second-order valence-corrected chi connectivity index (χ2v) is 4.34. The van der Waals surface area contributed by atoms with Gasteiger partial charge in [0, 0.05) is 58.8 Å². The minimum absolute atomic E-state index is 0.903. The van der Waals surface area contributed by atoms with Crippen LogP contribution in [0.3, 0.4) is 0 Å². The summed E-state index contributed by atoms with van der Waals surface area (Å²) in [7, 11) is 2.01. The van der Waals surface area contributed by atoms with Crippen LogP contribution in [0.2, 0.25) is 0 Å². The lowest BCUT2D eigenvalue weighted by molar-refractivity contribution is 0.476. The smallest absolute Gasteiger partial charge is 0.0369 e.